The molecule has 0 spiro atoms. The Bertz CT molecular complexity index is 321. The van der Waals surface area contributed by atoms with Crippen molar-refractivity contribution in [2.45, 2.75) is 13.3 Å². The molecule has 1 aromatic rings. The fourth-order valence-electron chi connectivity index (χ4n) is 0.952. The van der Waals surface area contributed by atoms with Gasteiger partial charge in [-0.1, -0.05) is 30.3 Å². The van der Waals surface area contributed by atoms with Gasteiger partial charge >= 0.3 is 0 Å². The number of hydrogen-bond donors (Lipinski definition) is 2. The number of ketones is 2. The topological polar surface area (TPSA) is 86.2 Å². The van der Waals surface area contributed by atoms with Crippen LogP contribution in [0.1, 0.15) is 23.7 Å². The Morgan fingerprint density at radius 1 is 1.06 bits per heavy atom. The largest absolute Gasteiger partial charge is 0.329 e. The smallest absolute Gasteiger partial charge is 0.170 e. The van der Waals surface area contributed by atoms with Gasteiger partial charge in [-0.2, -0.15) is 0 Å². The molecule has 4 N–H and O–H groups in total. The first-order valence-electron chi connectivity index (χ1n) is 5.09. The normalized spacial score (nSPS) is 8.94. The van der Waals surface area contributed by atoms with Crippen LogP contribution in [0.15, 0.2) is 30.3 Å². The number of benzene rings is 1. The summed E-state index contributed by atoms with van der Waals surface area (Å²) in [7, 11) is 0. The molecule has 16 heavy (non-hydrogen) atoms. The quantitative estimate of drug-likeness (QED) is 0.581. The summed E-state index contributed by atoms with van der Waals surface area (Å²) in [4.78, 5) is 21.8. The monoisotopic (exact) mass is 222 g/mol. The van der Waals surface area contributed by atoms with Crippen molar-refractivity contribution >= 4 is 11.6 Å². The maximum Gasteiger partial charge on any atom is 0.170 e. The van der Waals surface area contributed by atoms with E-state index < -0.39 is 0 Å². The number of rotatable bonds is 4. The van der Waals surface area contributed by atoms with E-state index in [1.54, 1.807) is 24.3 Å². The SMILES string of the molecule is CC(=O)CC(=O)c1ccccc1.NCCN. The number of carbonyl (C=O) groups is 2. The molecule has 0 amide bonds. The molecule has 0 aliphatic rings. The van der Waals surface area contributed by atoms with Crippen LogP contribution in [-0.2, 0) is 4.79 Å². The molecule has 4 heteroatoms. The first-order valence-corrected chi connectivity index (χ1v) is 5.09. The van der Waals surface area contributed by atoms with Gasteiger partial charge in [0.25, 0.3) is 0 Å². The van der Waals surface area contributed by atoms with Crippen LogP contribution >= 0.6 is 0 Å². The van der Waals surface area contributed by atoms with Crippen molar-refractivity contribution in [3.05, 3.63) is 35.9 Å². The summed E-state index contributed by atoms with van der Waals surface area (Å²) < 4.78 is 0. The predicted octanol–water partition coefficient (Wildman–Crippen LogP) is 0.752. The van der Waals surface area contributed by atoms with Gasteiger partial charge in [-0.3, -0.25) is 9.59 Å². The van der Waals surface area contributed by atoms with Gasteiger partial charge in [0.15, 0.2) is 5.78 Å². The predicted molar refractivity (Wildman–Crippen MR) is 64.2 cm³/mol. The summed E-state index contributed by atoms with van der Waals surface area (Å²) >= 11 is 0. The zero-order valence-corrected chi connectivity index (χ0v) is 9.48. The second-order valence-electron chi connectivity index (χ2n) is 3.25. The van der Waals surface area contributed by atoms with Crippen molar-refractivity contribution in [2.24, 2.45) is 11.5 Å². The maximum atomic E-state index is 11.2. The molecule has 0 fully saturated rings. The van der Waals surface area contributed by atoms with Gasteiger partial charge in [-0.15, -0.1) is 0 Å². The Labute approximate surface area is 95.6 Å². The van der Waals surface area contributed by atoms with E-state index in [0.717, 1.165) is 0 Å². The van der Waals surface area contributed by atoms with Gasteiger partial charge in [-0.05, 0) is 6.92 Å². The molecule has 0 saturated carbocycles. The van der Waals surface area contributed by atoms with E-state index in [1.165, 1.54) is 6.92 Å². The molecule has 1 rings (SSSR count). The first-order chi connectivity index (χ1) is 7.61. The fraction of sp³-hybridized carbons (Fsp3) is 0.333. The highest BCUT2D eigenvalue weighted by Crippen LogP contribution is 2.02. The van der Waals surface area contributed by atoms with E-state index >= 15 is 0 Å². The van der Waals surface area contributed by atoms with E-state index in [-0.39, 0.29) is 18.0 Å². The van der Waals surface area contributed by atoms with Gasteiger partial charge in [-0.25, -0.2) is 0 Å². The molecule has 4 nitrogen and oxygen atoms in total. The highest BCUT2D eigenvalue weighted by molar-refractivity contribution is 6.07. The van der Waals surface area contributed by atoms with Crippen molar-refractivity contribution in [2.75, 3.05) is 13.1 Å². The first kappa shape index (κ1) is 14.5. The Balaban J connectivity index is 0.000000487. The van der Waals surface area contributed by atoms with E-state index in [0.29, 0.717) is 18.7 Å². The average Bonchev–Trinajstić information content (AvgIpc) is 2.30. The van der Waals surface area contributed by atoms with E-state index in [2.05, 4.69) is 0 Å². The molecule has 0 radical (unpaired) electrons. The number of hydrogen-bond acceptors (Lipinski definition) is 4. The van der Waals surface area contributed by atoms with Gasteiger partial charge < -0.3 is 11.5 Å². The van der Waals surface area contributed by atoms with Crippen LogP contribution in [0.4, 0.5) is 0 Å². The van der Waals surface area contributed by atoms with Crippen molar-refractivity contribution < 1.29 is 9.59 Å². The minimum Gasteiger partial charge on any atom is -0.329 e. The van der Waals surface area contributed by atoms with Crippen LogP contribution < -0.4 is 11.5 Å². The van der Waals surface area contributed by atoms with Gasteiger partial charge in [0.05, 0.1) is 6.42 Å². The minimum absolute atomic E-state index is 0.00398. The average molecular weight is 222 g/mol. The highest BCUT2D eigenvalue weighted by atomic mass is 16.1. The van der Waals surface area contributed by atoms with E-state index in [4.69, 9.17) is 11.5 Å². The molecule has 0 aliphatic carbocycles. The maximum absolute atomic E-state index is 11.2. The van der Waals surface area contributed by atoms with E-state index in [9.17, 15) is 9.59 Å². The minimum atomic E-state index is -0.108. The second-order valence-corrected chi connectivity index (χ2v) is 3.25. The van der Waals surface area contributed by atoms with Crippen LogP contribution in [0.2, 0.25) is 0 Å². The lowest BCUT2D eigenvalue weighted by Gasteiger charge is -1.95. The van der Waals surface area contributed by atoms with Crippen LogP contribution in [0.3, 0.4) is 0 Å². The zero-order valence-electron chi connectivity index (χ0n) is 9.48. The molecule has 1 aromatic carbocycles. The van der Waals surface area contributed by atoms with Crippen molar-refractivity contribution in [1.82, 2.24) is 0 Å². The van der Waals surface area contributed by atoms with E-state index in [1.807, 2.05) is 6.07 Å². The Morgan fingerprint density at radius 2 is 1.56 bits per heavy atom. The number of carbonyl (C=O) groups excluding carboxylic acids is 2. The van der Waals surface area contributed by atoms with Crippen LogP contribution in [-0.4, -0.2) is 24.7 Å². The molecule has 0 saturated heterocycles. The molecular formula is C12H18N2O2. The Morgan fingerprint density at radius 3 is 1.94 bits per heavy atom. The molecule has 0 bridgehead atoms. The third-order valence-corrected chi connectivity index (χ3v) is 1.67. The molecule has 0 aliphatic heterocycles. The molecule has 0 aromatic heterocycles. The lowest BCUT2D eigenvalue weighted by atomic mass is 10.1. The van der Waals surface area contributed by atoms with Crippen molar-refractivity contribution in [3.63, 3.8) is 0 Å². The van der Waals surface area contributed by atoms with Crippen molar-refractivity contribution in [3.8, 4) is 0 Å². The number of nitrogens with two attached hydrogens (primary N) is 2. The van der Waals surface area contributed by atoms with Gasteiger partial charge in [0.1, 0.15) is 5.78 Å². The number of Topliss-reactive ketones (excluding diaryl/α,β-unsaturated/α-hetero) is 2. The van der Waals surface area contributed by atoms with Gasteiger partial charge in [0, 0.05) is 18.7 Å². The second kappa shape index (κ2) is 8.76. The summed E-state index contributed by atoms with van der Waals surface area (Å²) in [5.41, 5.74) is 10.4. The summed E-state index contributed by atoms with van der Waals surface area (Å²) in [6.07, 6.45) is 0.00398. The van der Waals surface area contributed by atoms with Crippen LogP contribution in [0.25, 0.3) is 0 Å². The zero-order chi connectivity index (χ0) is 12.4. The Kier molecular flexibility index (Phi) is 7.93. The fourth-order valence-corrected chi connectivity index (χ4v) is 0.952. The molecule has 0 unspecified atom stereocenters. The Hall–Kier alpha value is -1.52. The summed E-state index contributed by atoms with van der Waals surface area (Å²) in [5, 5.41) is 0. The summed E-state index contributed by atoms with van der Waals surface area (Å²) in [6, 6.07) is 8.84. The lowest BCUT2D eigenvalue weighted by Crippen LogP contribution is -2.11. The van der Waals surface area contributed by atoms with Crippen LogP contribution in [0, 0.1) is 0 Å². The molecular weight excluding hydrogens is 204 g/mol. The molecule has 0 heterocycles. The van der Waals surface area contributed by atoms with Crippen LogP contribution in [0.5, 0.6) is 0 Å². The van der Waals surface area contributed by atoms with Gasteiger partial charge in [0.2, 0.25) is 0 Å². The molecule has 88 valence electrons. The standard InChI is InChI=1S/C10H10O2.C2H8N2/c1-8(11)7-10(12)9-5-3-2-4-6-9;3-1-2-4/h2-6H,7H2,1H3;1-4H2. The lowest BCUT2D eigenvalue weighted by molar-refractivity contribution is -0.116. The van der Waals surface area contributed by atoms with Crippen molar-refractivity contribution in [1.29, 1.82) is 0 Å². The molecule has 0 atom stereocenters. The third kappa shape index (κ3) is 6.86. The third-order valence-electron chi connectivity index (χ3n) is 1.67. The highest BCUT2D eigenvalue weighted by Gasteiger charge is 2.06. The summed E-state index contributed by atoms with van der Waals surface area (Å²) in [5.74, 6) is -0.202. The summed E-state index contributed by atoms with van der Waals surface area (Å²) in [6.45, 7) is 2.61.